The lowest BCUT2D eigenvalue weighted by molar-refractivity contribution is -0.125. The van der Waals surface area contributed by atoms with E-state index in [9.17, 15) is 18.0 Å². The Balaban J connectivity index is 1.45. The van der Waals surface area contributed by atoms with E-state index in [2.05, 4.69) is 10.0 Å². The van der Waals surface area contributed by atoms with Gasteiger partial charge in [-0.3, -0.25) is 14.3 Å². The summed E-state index contributed by atoms with van der Waals surface area (Å²) in [6, 6.07) is 12.5. The minimum atomic E-state index is -3.80. The van der Waals surface area contributed by atoms with Gasteiger partial charge in [0.05, 0.1) is 11.0 Å². The molecule has 2 N–H and O–H groups in total. The number of rotatable bonds is 7. The smallest absolute Gasteiger partial charge is 0.262 e. The highest BCUT2D eigenvalue weighted by atomic mass is 32.2. The van der Waals surface area contributed by atoms with Crippen molar-refractivity contribution >= 4 is 27.5 Å². The molecule has 2 aliphatic rings. The molecule has 0 aromatic heterocycles. The monoisotopic (exact) mass is 471 g/mol. The summed E-state index contributed by atoms with van der Waals surface area (Å²) in [6.07, 6.45) is 3.31. The number of aryl methyl sites for hydroxylation is 1. The van der Waals surface area contributed by atoms with Crippen molar-refractivity contribution in [3.8, 4) is 0 Å². The fourth-order valence-electron chi connectivity index (χ4n) is 4.37. The first-order valence-corrected chi connectivity index (χ1v) is 12.7. The molecule has 2 saturated heterocycles. The first-order chi connectivity index (χ1) is 15.8. The molecule has 2 aromatic carbocycles. The van der Waals surface area contributed by atoms with Crippen molar-refractivity contribution in [1.29, 1.82) is 0 Å². The average molecular weight is 472 g/mol. The first-order valence-electron chi connectivity index (χ1n) is 11.2. The van der Waals surface area contributed by atoms with E-state index in [0.29, 0.717) is 36.3 Å². The first kappa shape index (κ1) is 23.3. The van der Waals surface area contributed by atoms with Gasteiger partial charge in [0.2, 0.25) is 5.91 Å². The SMILES string of the molecule is Cc1ccccc1S(=O)(=O)Nc1cccc(C(=O)N2CCCC2C(=O)NCC2CCCO2)c1. The second kappa shape index (κ2) is 9.93. The van der Waals surface area contributed by atoms with Crippen LogP contribution < -0.4 is 10.0 Å². The van der Waals surface area contributed by atoms with E-state index in [1.807, 2.05) is 0 Å². The van der Waals surface area contributed by atoms with Crippen molar-refractivity contribution in [2.24, 2.45) is 0 Å². The van der Waals surface area contributed by atoms with Crippen LogP contribution in [0.25, 0.3) is 0 Å². The molecule has 2 amide bonds. The Bertz CT molecular complexity index is 1130. The molecule has 2 heterocycles. The largest absolute Gasteiger partial charge is 0.376 e. The van der Waals surface area contributed by atoms with Crippen LogP contribution in [0.4, 0.5) is 5.69 Å². The standard InChI is InChI=1S/C24H29N3O5S/c1-17-7-2-3-12-22(17)33(30,31)26-19-9-4-8-18(15-19)24(29)27-13-5-11-21(27)23(28)25-16-20-10-6-14-32-20/h2-4,7-9,12,15,20-21,26H,5-6,10-11,13-14,16H2,1H3,(H,25,28). The van der Waals surface area contributed by atoms with E-state index in [4.69, 9.17) is 4.74 Å². The van der Waals surface area contributed by atoms with Crippen molar-refractivity contribution in [1.82, 2.24) is 10.2 Å². The molecule has 4 rings (SSSR count). The molecule has 0 bridgehead atoms. The number of carbonyl (C=O) groups excluding carboxylic acids is 2. The molecule has 2 fully saturated rings. The molecule has 2 aliphatic heterocycles. The van der Waals surface area contributed by atoms with Gasteiger partial charge < -0.3 is 15.0 Å². The van der Waals surface area contributed by atoms with Crippen LogP contribution in [0, 0.1) is 6.92 Å². The Morgan fingerprint density at radius 3 is 2.67 bits per heavy atom. The number of nitrogens with one attached hydrogen (secondary N) is 2. The molecular weight excluding hydrogens is 442 g/mol. The molecule has 0 aliphatic carbocycles. The molecule has 0 spiro atoms. The number of anilines is 1. The summed E-state index contributed by atoms with van der Waals surface area (Å²) in [7, 11) is -3.80. The molecule has 0 radical (unpaired) electrons. The maximum absolute atomic E-state index is 13.2. The van der Waals surface area contributed by atoms with Gasteiger partial charge in [-0.05, 0) is 62.4 Å². The fraction of sp³-hybridized carbons (Fsp3) is 0.417. The Labute approximate surface area is 194 Å². The maximum Gasteiger partial charge on any atom is 0.262 e. The van der Waals surface area contributed by atoms with Crippen LogP contribution in [0.5, 0.6) is 0 Å². The van der Waals surface area contributed by atoms with Gasteiger partial charge in [0.25, 0.3) is 15.9 Å². The second-order valence-electron chi connectivity index (χ2n) is 8.49. The van der Waals surface area contributed by atoms with E-state index in [0.717, 1.165) is 25.9 Å². The number of benzene rings is 2. The summed E-state index contributed by atoms with van der Waals surface area (Å²) in [6.45, 7) is 3.38. The number of sulfonamides is 1. The summed E-state index contributed by atoms with van der Waals surface area (Å²) in [5.74, 6) is -0.463. The third kappa shape index (κ3) is 5.36. The predicted molar refractivity (Wildman–Crippen MR) is 124 cm³/mol. The Kier molecular flexibility index (Phi) is 6.99. The zero-order valence-electron chi connectivity index (χ0n) is 18.6. The summed E-state index contributed by atoms with van der Waals surface area (Å²) >= 11 is 0. The number of carbonyl (C=O) groups is 2. The Morgan fingerprint density at radius 1 is 1.09 bits per heavy atom. The van der Waals surface area contributed by atoms with Crippen molar-refractivity contribution < 1.29 is 22.7 Å². The van der Waals surface area contributed by atoms with Gasteiger partial charge >= 0.3 is 0 Å². The van der Waals surface area contributed by atoms with E-state index < -0.39 is 16.1 Å². The lowest BCUT2D eigenvalue weighted by Gasteiger charge is -2.25. The van der Waals surface area contributed by atoms with Crippen LogP contribution in [0.3, 0.4) is 0 Å². The minimum absolute atomic E-state index is 0.0393. The normalized spacial score (nSPS) is 20.6. The Hall–Kier alpha value is -2.91. The molecule has 8 nitrogen and oxygen atoms in total. The summed E-state index contributed by atoms with van der Waals surface area (Å²) < 4.78 is 33.7. The van der Waals surface area contributed by atoms with Gasteiger partial charge in [-0.25, -0.2) is 8.42 Å². The zero-order chi connectivity index (χ0) is 23.4. The summed E-state index contributed by atoms with van der Waals surface area (Å²) in [4.78, 5) is 27.7. The fourth-order valence-corrected chi connectivity index (χ4v) is 5.67. The van der Waals surface area contributed by atoms with Gasteiger partial charge in [-0.1, -0.05) is 24.3 Å². The van der Waals surface area contributed by atoms with Crippen LogP contribution in [-0.2, 0) is 19.6 Å². The third-order valence-electron chi connectivity index (χ3n) is 6.09. The highest BCUT2D eigenvalue weighted by Gasteiger charge is 2.35. The summed E-state index contributed by atoms with van der Waals surface area (Å²) in [5, 5.41) is 2.92. The predicted octanol–water partition coefficient (Wildman–Crippen LogP) is 2.70. The lowest BCUT2D eigenvalue weighted by atomic mass is 10.1. The molecule has 0 saturated carbocycles. The van der Waals surface area contributed by atoms with Crippen molar-refractivity contribution in [2.75, 3.05) is 24.4 Å². The van der Waals surface area contributed by atoms with Gasteiger partial charge in [0.15, 0.2) is 0 Å². The highest BCUT2D eigenvalue weighted by Crippen LogP contribution is 2.24. The quantitative estimate of drug-likeness (QED) is 0.646. The second-order valence-corrected chi connectivity index (χ2v) is 10.1. The molecule has 176 valence electrons. The number of ether oxygens (including phenoxy) is 1. The van der Waals surface area contributed by atoms with Crippen LogP contribution in [-0.4, -0.2) is 57.0 Å². The van der Waals surface area contributed by atoms with Gasteiger partial charge in [0, 0.05) is 30.9 Å². The van der Waals surface area contributed by atoms with Crippen LogP contribution >= 0.6 is 0 Å². The van der Waals surface area contributed by atoms with E-state index >= 15 is 0 Å². The van der Waals surface area contributed by atoms with Crippen LogP contribution in [0.1, 0.15) is 41.6 Å². The van der Waals surface area contributed by atoms with E-state index in [1.54, 1.807) is 48.2 Å². The number of likely N-dealkylation sites (tertiary alicyclic amines) is 1. The van der Waals surface area contributed by atoms with Crippen LogP contribution in [0.2, 0.25) is 0 Å². The maximum atomic E-state index is 13.2. The van der Waals surface area contributed by atoms with Gasteiger partial charge in [0.1, 0.15) is 6.04 Å². The molecule has 2 unspecified atom stereocenters. The topological polar surface area (TPSA) is 105 Å². The minimum Gasteiger partial charge on any atom is -0.376 e. The number of amides is 2. The molecule has 2 aromatic rings. The number of hydrogen-bond acceptors (Lipinski definition) is 5. The molecule has 9 heteroatoms. The van der Waals surface area contributed by atoms with Crippen molar-refractivity contribution in [3.05, 3.63) is 59.7 Å². The summed E-state index contributed by atoms with van der Waals surface area (Å²) in [5.41, 5.74) is 1.26. The van der Waals surface area contributed by atoms with Gasteiger partial charge in [-0.15, -0.1) is 0 Å². The molecule has 2 atom stereocenters. The number of hydrogen-bond donors (Lipinski definition) is 2. The van der Waals surface area contributed by atoms with Crippen molar-refractivity contribution in [3.63, 3.8) is 0 Å². The zero-order valence-corrected chi connectivity index (χ0v) is 19.4. The van der Waals surface area contributed by atoms with Crippen molar-refractivity contribution in [2.45, 2.75) is 49.6 Å². The molecule has 33 heavy (non-hydrogen) atoms. The lowest BCUT2D eigenvalue weighted by Crippen LogP contribution is -2.47. The molecular formula is C24H29N3O5S. The highest BCUT2D eigenvalue weighted by molar-refractivity contribution is 7.92. The number of nitrogens with zero attached hydrogens (tertiary/aromatic N) is 1. The third-order valence-corrected chi connectivity index (χ3v) is 7.63. The average Bonchev–Trinajstić information content (AvgIpc) is 3.49. The Morgan fingerprint density at radius 2 is 1.91 bits per heavy atom. The van der Waals surface area contributed by atoms with E-state index in [-0.39, 0.29) is 22.8 Å². The van der Waals surface area contributed by atoms with E-state index in [1.165, 1.54) is 12.1 Å². The van der Waals surface area contributed by atoms with Crippen LogP contribution in [0.15, 0.2) is 53.4 Å². The van der Waals surface area contributed by atoms with Gasteiger partial charge in [-0.2, -0.15) is 0 Å².